The van der Waals surface area contributed by atoms with Gasteiger partial charge in [0.05, 0.1) is 4.47 Å². The van der Waals surface area contributed by atoms with Gasteiger partial charge < -0.3 is 0 Å². The summed E-state index contributed by atoms with van der Waals surface area (Å²) >= 11 is 10.7. The van der Waals surface area contributed by atoms with Crippen molar-refractivity contribution in [1.29, 1.82) is 0 Å². The first kappa shape index (κ1) is 11.6. The predicted octanol–water partition coefficient (Wildman–Crippen LogP) is 4.13. The van der Waals surface area contributed by atoms with Gasteiger partial charge in [-0.3, -0.25) is 4.98 Å². The molecule has 0 fully saturated rings. The largest absolute Gasteiger partial charge is 0.281 e. The molecule has 0 aliphatic rings. The number of halogens is 5. The zero-order chi connectivity index (χ0) is 10.0. The summed E-state index contributed by atoms with van der Waals surface area (Å²) in [7, 11) is 0. The average molecular weight is 382 g/mol. The lowest BCUT2D eigenvalue weighted by Gasteiger charge is -2.07. The van der Waals surface area contributed by atoms with Gasteiger partial charge in [0.2, 0.25) is 0 Å². The van der Waals surface area contributed by atoms with E-state index in [2.05, 4.69) is 20.9 Å². The zero-order valence-electron chi connectivity index (χ0n) is 6.20. The van der Waals surface area contributed by atoms with Gasteiger partial charge in [-0.05, 0) is 44.1 Å². The van der Waals surface area contributed by atoms with Gasteiger partial charge in [0.15, 0.2) is 0 Å². The molecule has 0 amide bonds. The Kier molecular flexibility index (Phi) is 4.31. The highest BCUT2D eigenvalue weighted by atomic mass is 127. The van der Waals surface area contributed by atoms with E-state index in [-0.39, 0.29) is 11.6 Å². The van der Waals surface area contributed by atoms with E-state index >= 15 is 0 Å². The molecular formula is C7H4BrClF2IN. The molecule has 1 aromatic heterocycles. The molecule has 0 N–H and O–H groups in total. The summed E-state index contributed by atoms with van der Waals surface area (Å²) in [5, 5.41) is 0. The van der Waals surface area contributed by atoms with Crippen LogP contribution in [0.3, 0.4) is 0 Å². The lowest BCUT2D eigenvalue weighted by molar-refractivity contribution is 0.145. The summed E-state index contributed by atoms with van der Waals surface area (Å²) in [6, 6.07) is 0. The fourth-order valence-corrected chi connectivity index (χ4v) is 3.06. The number of hydrogen-bond acceptors (Lipinski definition) is 1. The second-order valence-corrected chi connectivity index (χ2v) is 4.44. The third-order valence-corrected chi connectivity index (χ3v) is 3.52. The van der Waals surface area contributed by atoms with Crippen molar-refractivity contribution in [2.45, 2.75) is 12.3 Å². The third kappa shape index (κ3) is 2.50. The van der Waals surface area contributed by atoms with Gasteiger partial charge in [0.25, 0.3) is 6.43 Å². The fourth-order valence-electron chi connectivity index (χ4n) is 0.795. The van der Waals surface area contributed by atoms with Crippen LogP contribution in [0.15, 0.2) is 10.7 Å². The molecule has 0 saturated carbocycles. The van der Waals surface area contributed by atoms with Gasteiger partial charge in [0, 0.05) is 15.6 Å². The summed E-state index contributed by atoms with van der Waals surface area (Å²) in [6.45, 7) is 0. The first-order valence-corrected chi connectivity index (χ1v) is 5.65. The Hall–Kier alpha value is 0.510. The van der Waals surface area contributed by atoms with E-state index in [0.29, 0.717) is 10.0 Å². The predicted molar refractivity (Wildman–Crippen MR) is 59.2 cm³/mol. The molecular weight excluding hydrogens is 378 g/mol. The van der Waals surface area contributed by atoms with Gasteiger partial charge in [-0.2, -0.15) is 0 Å². The highest BCUT2D eigenvalue weighted by Gasteiger charge is 2.17. The van der Waals surface area contributed by atoms with Crippen molar-refractivity contribution in [3.8, 4) is 0 Å². The zero-order valence-corrected chi connectivity index (χ0v) is 10.7. The van der Waals surface area contributed by atoms with Crippen LogP contribution in [0.5, 0.6) is 0 Å². The third-order valence-electron chi connectivity index (χ3n) is 1.44. The van der Waals surface area contributed by atoms with Crippen LogP contribution >= 0.6 is 50.1 Å². The van der Waals surface area contributed by atoms with E-state index in [9.17, 15) is 8.78 Å². The first-order valence-electron chi connectivity index (χ1n) is 3.24. The van der Waals surface area contributed by atoms with Crippen LogP contribution < -0.4 is 0 Å². The normalized spacial score (nSPS) is 10.9. The van der Waals surface area contributed by atoms with Gasteiger partial charge >= 0.3 is 0 Å². The molecule has 6 heteroatoms. The van der Waals surface area contributed by atoms with Gasteiger partial charge in [-0.15, -0.1) is 11.6 Å². The maximum Gasteiger partial charge on any atom is 0.281 e. The van der Waals surface area contributed by atoms with Crippen molar-refractivity contribution in [3.05, 3.63) is 25.5 Å². The maximum absolute atomic E-state index is 12.3. The Morgan fingerprint density at radius 2 is 2.23 bits per heavy atom. The topological polar surface area (TPSA) is 12.9 Å². The van der Waals surface area contributed by atoms with Crippen LogP contribution in [0.2, 0.25) is 0 Å². The number of hydrogen-bond donors (Lipinski definition) is 0. The smallest absolute Gasteiger partial charge is 0.253 e. The Labute approximate surface area is 101 Å². The Morgan fingerprint density at radius 1 is 1.62 bits per heavy atom. The van der Waals surface area contributed by atoms with Crippen molar-refractivity contribution < 1.29 is 8.78 Å². The standard InChI is InChI=1S/C7H4BrClF2IN/c8-5-3(1-9)4(12)2-13-6(5)7(10)11/h2,7H,1H2. The van der Waals surface area contributed by atoms with Gasteiger partial charge in [-0.25, -0.2) is 8.78 Å². The minimum absolute atomic E-state index is 0.196. The molecule has 0 unspecified atom stereocenters. The number of nitrogens with zero attached hydrogens (tertiary/aromatic N) is 1. The Bertz CT molecular complexity index is 322. The molecule has 72 valence electrons. The number of aromatic nitrogens is 1. The summed E-state index contributed by atoms with van der Waals surface area (Å²) in [6.07, 6.45) is -1.18. The highest BCUT2D eigenvalue weighted by Crippen LogP contribution is 2.31. The molecule has 0 aliphatic carbocycles. The van der Waals surface area contributed by atoms with Crippen LogP contribution in [-0.2, 0) is 5.88 Å². The molecule has 1 heterocycles. The lowest BCUT2D eigenvalue weighted by atomic mass is 10.2. The molecule has 1 aromatic rings. The van der Waals surface area contributed by atoms with Crippen LogP contribution in [-0.4, -0.2) is 4.98 Å². The van der Waals surface area contributed by atoms with Crippen molar-refractivity contribution in [2.75, 3.05) is 0 Å². The molecule has 0 aliphatic heterocycles. The number of alkyl halides is 3. The number of pyridine rings is 1. The fraction of sp³-hybridized carbons (Fsp3) is 0.286. The summed E-state index contributed by atoms with van der Waals surface area (Å²) in [5.41, 5.74) is 0.406. The molecule has 0 spiro atoms. The molecule has 1 rings (SSSR count). The lowest BCUT2D eigenvalue weighted by Crippen LogP contribution is -1.98. The Balaban J connectivity index is 3.27. The minimum atomic E-state index is -2.58. The summed E-state index contributed by atoms with van der Waals surface area (Å²) in [4.78, 5) is 3.62. The molecule has 0 saturated heterocycles. The molecule has 0 radical (unpaired) electrons. The second-order valence-electron chi connectivity index (χ2n) is 2.22. The van der Waals surface area contributed by atoms with Crippen molar-refractivity contribution in [2.24, 2.45) is 0 Å². The van der Waals surface area contributed by atoms with Crippen LogP contribution in [0.25, 0.3) is 0 Å². The molecule has 0 atom stereocenters. The van der Waals surface area contributed by atoms with Gasteiger partial charge in [-0.1, -0.05) is 0 Å². The number of rotatable bonds is 2. The molecule has 1 nitrogen and oxygen atoms in total. The Morgan fingerprint density at radius 3 is 2.69 bits per heavy atom. The van der Waals surface area contributed by atoms with Crippen molar-refractivity contribution in [3.63, 3.8) is 0 Å². The molecule has 0 aromatic carbocycles. The van der Waals surface area contributed by atoms with Crippen LogP contribution in [0, 0.1) is 3.57 Å². The SMILES string of the molecule is FC(F)c1ncc(I)c(CCl)c1Br. The van der Waals surface area contributed by atoms with E-state index < -0.39 is 6.43 Å². The van der Waals surface area contributed by atoms with Crippen molar-refractivity contribution in [1.82, 2.24) is 4.98 Å². The average Bonchev–Trinajstić information content (AvgIpc) is 2.04. The van der Waals surface area contributed by atoms with E-state index in [1.54, 1.807) is 0 Å². The highest BCUT2D eigenvalue weighted by molar-refractivity contribution is 14.1. The monoisotopic (exact) mass is 381 g/mol. The van der Waals surface area contributed by atoms with E-state index in [0.717, 1.165) is 3.57 Å². The van der Waals surface area contributed by atoms with E-state index in [1.165, 1.54) is 6.20 Å². The van der Waals surface area contributed by atoms with E-state index in [1.807, 2.05) is 22.6 Å². The van der Waals surface area contributed by atoms with E-state index in [4.69, 9.17) is 11.6 Å². The van der Waals surface area contributed by atoms with Crippen LogP contribution in [0.1, 0.15) is 17.7 Å². The van der Waals surface area contributed by atoms with Crippen LogP contribution in [0.4, 0.5) is 8.78 Å². The van der Waals surface area contributed by atoms with Crippen molar-refractivity contribution >= 4 is 50.1 Å². The summed E-state index contributed by atoms with van der Waals surface area (Å²) in [5.74, 6) is 0.196. The van der Waals surface area contributed by atoms with Gasteiger partial charge in [0.1, 0.15) is 5.69 Å². The molecule has 13 heavy (non-hydrogen) atoms. The maximum atomic E-state index is 12.3. The minimum Gasteiger partial charge on any atom is -0.253 e. The quantitative estimate of drug-likeness (QED) is 0.554. The summed E-state index contributed by atoms with van der Waals surface area (Å²) < 4.78 is 25.8. The second kappa shape index (κ2) is 4.84. The first-order chi connectivity index (χ1) is 6.07. The molecule has 0 bridgehead atoms.